The van der Waals surface area contributed by atoms with Crippen molar-refractivity contribution in [1.82, 2.24) is 15.1 Å². The fraction of sp³-hybridized carbons (Fsp3) is 0.545. The summed E-state index contributed by atoms with van der Waals surface area (Å²) in [5.41, 5.74) is 2.37. The van der Waals surface area contributed by atoms with Gasteiger partial charge in [0.15, 0.2) is 5.76 Å². The average molecular weight is 424 g/mol. The Hall–Kier alpha value is -2.94. The Morgan fingerprint density at radius 2 is 2.00 bits per heavy atom. The fourth-order valence-corrected chi connectivity index (χ4v) is 3.73. The molecule has 31 heavy (non-hydrogen) atoms. The Morgan fingerprint density at radius 1 is 1.16 bits per heavy atom. The summed E-state index contributed by atoms with van der Waals surface area (Å²) < 4.78 is 10.9. The summed E-state index contributed by atoms with van der Waals surface area (Å²) in [6, 6.07) is 3.95. The zero-order valence-electron chi connectivity index (χ0n) is 18.1. The minimum atomic E-state index is 0.329. The predicted molar refractivity (Wildman–Crippen MR) is 120 cm³/mol. The summed E-state index contributed by atoms with van der Waals surface area (Å²) >= 11 is 0. The first-order chi connectivity index (χ1) is 15.1. The third-order valence-electron chi connectivity index (χ3n) is 5.75. The van der Waals surface area contributed by atoms with Gasteiger partial charge in [0.25, 0.3) is 0 Å². The van der Waals surface area contributed by atoms with E-state index in [9.17, 15) is 0 Å². The zero-order valence-corrected chi connectivity index (χ0v) is 18.1. The molecule has 0 unspecified atom stereocenters. The highest BCUT2D eigenvalue weighted by molar-refractivity contribution is 6.05. The normalized spacial score (nSPS) is 18.9. The number of aliphatic imine (C=N–C) groups is 1. The number of hydrogen-bond acceptors (Lipinski definition) is 9. The van der Waals surface area contributed by atoms with Gasteiger partial charge in [-0.2, -0.15) is 9.97 Å². The lowest BCUT2D eigenvalue weighted by Gasteiger charge is -2.28. The molecule has 3 aliphatic rings. The molecule has 2 aromatic heterocycles. The van der Waals surface area contributed by atoms with E-state index in [4.69, 9.17) is 14.2 Å². The van der Waals surface area contributed by atoms with E-state index in [-0.39, 0.29) is 0 Å². The maximum absolute atomic E-state index is 5.49. The lowest BCUT2D eigenvalue weighted by Crippen LogP contribution is -2.37. The number of amidine groups is 1. The molecule has 5 rings (SSSR count). The largest absolute Gasteiger partial charge is 0.378 e. The topological polar surface area (TPSA) is 101 Å². The van der Waals surface area contributed by atoms with Crippen molar-refractivity contribution in [1.29, 1.82) is 0 Å². The third kappa shape index (κ3) is 4.87. The molecule has 164 valence electrons. The molecule has 0 spiro atoms. The third-order valence-corrected chi connectivity index (χ3v) is 5.75. The van der Waals surface area contributed by atoms with E-state index in [2.05, 4.69) is 50.6 Å². The number of nitrogens with one attached hydrogen (secondary N) is 2. The van der Waals surface area contributed by atoms with Gasteiger partial charge in [0.2, 0.25) is 5.95 Å². The van der Waals surface area contributed by atoms with E-state index >= 15 is 0 Å². The quantitative estimate of drug-likeness (QED) is 0.700. The van der Waals surface area contributed by atoms with Crippen LogP contribution in [0.4, 0.5) is 17.6 Å². The number of aromatic nitrogens is 3. The molecule has 4 heterocycles. The van der Waals surface area contributed by atoms with Gasteiger partial charge < -0.3 is 24.8 Å². The Balaban J connectivity index is 1.33. The van der Waals surface area contributed by atoms with Gasteiger partial charge in [0.1, 0.15) is 17.5 Å². The van der Waals surface area contributed by atoms with Crippen molar-refractivity contribution in [2.24, 2.45) is 10.9 Å². The van der Waals surface area contributed by atoms with Crippen LogP contribution >= 0.6 is 0 Å². The van der Waals surface area contributed by atoms with Crippen molar-refractivity contribution in [2.45, 2.75) is 39.2 Å². The predicted octanol–water partition coefficient (Wildman–Crippen LogP) is 3.20. The van der Waals surface area contributed by atoms with Crippen LogP contribution in [0.1, 0.15) is 44.1 Å². The first kappa shape index (κ1) is 20.0. The van der Waals surface area contributed by atoms with Crippen molar-refractivity contribution < 1.29 is 9.26 Å². The van der Waals surface area contributed by atoms with E-state index in [1.807, 2.05) is 12.1 Å². The van der Waals surface area contributed by atoms with Crippen LogP contribution in [0.25, 0.3) is 0 Å². The second-order valence-corrected chi connectivity index (χ2v) is 8.58. The van der Waals surface area contributed by atoms with Crippen molar-refractivity contribution in [3.63, 3.8) is 0 Å². The van der Waals surface area contributed by atoms with Crippen molar-refractivity contribution in [3.05, 3.63) is 35.2 Å². The van der Waals surface area contributed by atoms with Crippen LogP contribution in [0, 0.1) is 5.92 Å². The molecule has 9 heteroatoms. The van der Waals surface area contributed by atoms with E-state index in [0.717, 1.165) is 54.5 Å². The van der Waals surface area contributed by atoms with Crippen molar-refractivity contribution in [2.75, 3.05) is 48.4 Å². The number of morpholine rings is 1. The van der Waals surface area contributed by atoms with E-state index in [0.29, 0.717) is 31.6 Å². The molecule has 1 saturated heterocycles. The van der Waals surface area contributed by atoms with Crippen molar-refractivity contribution >= 4 is 23.4 Å². The highest BCUT2D eigenvalue weighted by atomic mass is 16.5. The van der Waals surface area contributed by atoms with Crippen LogP contribution in [0.5, 0.6) is 0 Å². The Kier molecular flexibility index (Phi) is 5.59. The molecular weight excluding hydrogens is 394 g/mol. The summed E-state index contributed by atoms with van der Waals surface area (Å²) in [5, 5.41) is 10.8. The first-order valence-corrected chi connectivity index (χ1v) is 11.1. The number of rotatable bonds is 7. The minimum Gasteiger partial charge on any atom is -0.378 e. The van der Waals surface area contributed by atoms with E-state index in [1.54, 1.807) is 0 Å². The number of ether oxygens (including phenoxy) is 1. The number of anilines is 3. The van der Waals surface area contributed by atoms with Crippen LogP contribution in [0.15, 0.2) is 33.3 Å². The Bertz CT molecular complexity index is 987. The van der Waals surface area contributed by atoms with E-state index in [1.165, 1.54) is 18.4 Å². The zero-order chi connectivity index (χ0) is 21.2. The van der Waals surface area contributed by atoms with Crippen LogP contribution in [-0.4, -0.2) is 53.8 Å². The molecule has 2 fully saturated rings. The summed E-state index contributed by atoms with van der Waals surface area (Å²) in [5.74, 6) is 4.83. The second-order valence-electron chi connectivity index (χ2n) is 8.58. The average Bonchev–Trinajstić information content (AvgIpc) is 3.33. The van der Waals surface area contributed by atoms with Gasteiger partial charge in [-0.1, -0.05) is 19.0 Å². The first-order valence-electron chi connectivity index (χ1n) is 11.1. The molecule has 0 bridgehead atoms. The fourth-order valence-electron chi connectivity index (χ4n) is 3.73. The Morgan fingerprint density at radius 3 is 2.74 bits per heavy atom. The molecule has 2 aliphatic heterocycles. The van der Waals surface area contributed by atoms with E-state index < -0.39 is 0 Å². The SMILES string of the molecule is CC(C)c1cc(CNc2nc(NC3=NCC(C4CC4)=C3)cc(N3CCOCC3)n2)on1. The molecular formula is C22H29N7O2. The number of hydrogen-bond donors (Lipinski definition) is 2. The van der Waals surface area contributed by atoms with Gasteiger partial charge in [0, 0.05) is 25.2 Å². The Labute approximate surface area is 182 Å². The van der Waals surface area contributed by atoms with Crippen LogP contribution in [0.3, 0.4) is 0 Å². The van der Waals surface area contributed by atoms with Gasteiger partial charge in [-0.15, -0.1) is 0 Å². The molecule has 2 aromatic rings. The molecule has 0 atom stereocenters. The summed E-state index contributed by atoms with van der Waals surface area (Å²) in [4.78, 5) is 16.3. The van der Waals surface area contributed by atoms with Gasteiger partial charge in [-0.3, -0.25) is 4.99 Å². The number of nitrogens with zero attached hydrogens (tertiary/aromatic N) is 5. The lowest BCUT2D eigenvalue weighted by atomic mass is 10.1. The van der Waals surface area contributed by atoms with Gasteiger partial charge in [-0.05, 0) is 36.3 Å². The molecule has 1 saturated carbocycles. The summed E-state index contributed by atoms with van der Waals surface area (Å²) in [7, 11) is 0. The molecule has 0 amide bonds. The summed E-state index contributed by atoms with van der Waals surface area (Å²) in [6.45, 7) is 8.47. The molecule has 2 N–H and O–H groups in total. The molecule has 1 aliphatic carbocycles. The second kappa shape index (κ2) is 8.66. The maximum atomic E-state index is 5.49. The monoisotopic (exact) mass is 423 g/mol. The molecule has 0 aromatic carbocycles. The van der Waals surface area contributed by atoms with Crippen molar-refractivity contribution in [3.8, 4) is 0 Å². The maximum Gasteiger partial charge on any atom is 0.227 e. The highest BCUT2D eigenvalue weighted by Gasteiger charge is 2.28. The molecule has 9 nitrogen and oxygen atoms in total. The molecule has 0 radical (unpaired) electrons. The smallest absolute Gasteiger partial charge is 0.227 e. The lowest BCUT2D eigenvalue weighted by molar-refractivity contribution is 0.122. The van der Waals surface area contributed by atoms with Gasteiger partial charge in [0.05, 0.1) is 32.0 Å². The standard InChI is InChI=1S/C22H29N7O2/c1-14(2)18-10-17(31-28-18)13-24-22-26-20(11-21(27-22)29-5-7-30-8-6-29)25-19-9-16(12-23-19)15-3-4-15/h9-11,14-15H,3-8,12-13H2,1-2H3,(H2,23,24,25,26,27). The van der Waals surface area contributed by atoms with Crippen LogP contribution < -0.4 is 15.5 Å². The van der Waals surface area contributed by atoms with Crippen LogP contribution in [0.2, 0.25) is 0 Å². The van der Waals surface area contributed by atoms with Crippen LogP contribution in [-0.2, 0) is 11.3 Å². The van der Waals surface area contributed by atoms with Gasteiger partial charge in [-0.25, -0.2) is 0 Å². The minimum absolute atomic E-state index is 0.329. The highest BCUT2D eigenvalue weighted by Crippen LogP contribution is 2.37. The summed E-state index contributed by atoms with van der Waals surface area (Å²) in [6.07, 6.45) is 4.75. The van der Waals surface area contributed by atoms with Gasteiger partial charge >= 0.3 is 0 Å².